The van der Waals surface area contributed by atoms with E-state index < -0.39 is 5.41 Å². The fourth-order valence-electron chi connectivity index (χ4n) is 4.05. The summed E-state index contributed by atoms with van der Waals surface area (Å²) < 4.78 is 0. The molecule has 0 unspecified atom stereocenters. The smallest absolute Gasteiger partial charge is 0.226 e. The molecule has 29 heavy (non-hydrogen) atoms. The van der Waals surface area contributed by atoms with E-state index in [0.29, 0.717) is 38.9 Å². The summed E-state index contributed by atoms with van der Waals surface area (Å²) in [4.78, 5) is 35.5. The van der Waals surface area contributed by atoms with Crippen LogP contribution in [0.3, 0.4) is 0 Å². The molecule has 2 amide bonds. The van der Waals surface area contributed by atoms with Gasteiger partial charge in [-0.1, -0.05) is 38.1 Å². The van der Waals surface area contributed by atoms with Crippen LogP contribution in [-0.2, 0) is 16.0 Å². The number of nitrogens with one attached hydrogen (secondary N) is 1. The summed E-state index contributed by atoms with van der Waals surface area (Å²) in [7, 11) is 0. The molecule has 1 N–H and O–H groups in total. The summed E-state index contributed by atoms with van der Waals surface area (Å²) in [5.41, 5.74) is 2.62. The molecule has 1 saturated heterocycles. The van der Waals surface area contributed by atoms with E-state index in [-0.39, 0.29) is 17.7 Å². The molecule has 1 aromatic heterocycles. The Balaban J connectivity index is 1.82. The van der Waals surface area contributed by atoms with Crippen LogP contribution < -0.4 is 5.32 Å². The van der Waals surface area contributed by atoms with E-state index in [2.05, 4.69) is 27.4 Å². The Bertz CT molecular complexity index is 843. The number of hydrogen-bond acceptors (Lipinski definition) is 4. The van der Waals surface area contributed by atoms with Crippen LogP contribution in [0.2, 0.25) is 0 Å². The molecule has 1 aromatic carbocycles. The zero-order valence-corrected chi connectivity index (χ0v) is 17.5. The quantitative estimate of drug-likeness (QED) is 0.817. The number of aromatic nitrogens is 2. The first-order valence-electron chi connectivity index (χ1n) is 10.4. The van der Waals surface area contributed by atoms with Crippen molar-refractivity contribution in [1.82, 2.24) is 20.2 Å². The van der Waals surface area contributed by atoms with E-state index in [1.54, 1.807) is 12.4 Å². The maximum atomic E-state index is 13.1. The summed E-state index contributed by atoms with van der Waals surface area (Å²) >= 11 is 0. The lowest BCUT2D eigenvalue weighted by Crippen LogP contribution is -2.51. The van der Waals surface area contributed by atoms with Crippen LogP contribution in [0.15, 0.2) is 43.0 Å². The van der Waals surface area contributed by atoms with Crippen LogP contribution in [-0.4, -0.2) is 46.3 Å². The average molecular weight is 395 g/mol. The van der Waals surface area contributed by atoms with Crippen molar-refractivity contribution in [1.29, 1.82) is 0 Å². The number of amides is 2. The molecule has 0 radical (unpaired) electrons. The number of rotatable bonds is 6. The van der Waals surface area contributed by atoms with Crippen molar-refractivity contribution < 1.29 is 9.59 Å². The molecule has 1 aliphatic heterocycles. The molecule has 0 saturated carbocycles. The summed E-state index contributed by atoms with van der Waals surface area (Å²) in [5, 5.41) is 3.03. The zero-order chi connectivity index (χ0) is 20.9. The van der Waals surface area contributed by atoms with Crippen LogP contribution in [0.1, 0.15) is 39.2 Å². The predicted octanol–water partition coefficient (Wildman–Crippen LogP) is 3.09. The fourth-order valence-corrected chi connectivity index (χ4v) is 4.05. The van der Waals surface area contributed by atoms with Gasteiger partial charge in [0.05, 0.1) is 5.41 Å². The lowest BCUT2D eigenvalue weighted by molar-refractivity contribution is -0.142. The van der Waals surface area contributed by atoms with Crippen molar-refractivity contribution in [3.8, 4) is 11.1 Å². The molecule has 3 rings (SSSR count). The van der Waals surface area contributed by atoms with Gasteiger partial charge in [0, 0.05) is 43.5 Å². The first kappa shape index (κ1) is 21.0. The molecule has 0 spiro atoms. The van der Waals surface area contributed by atoms with Crippen molar-refractivity contribution in [2.24, 2.45) is 11.3 Å². The standard InChI is InChI=1S/C23H30N4O2/c1-4-26-22(29)23(8-10-27(11-9-23)21(28)17(2)3)13-18-6-5-7-19(12-18)20-14-24-16-25-15-20/h5-7,12,14-17H,4,8-11,13H2,1-3H3,(H,26,29). The highest BCUT2D eigenvalue weighted by Crippen LogP contribution is 2.36. The Morgan fingerprint density at radius 1 is 1.14 bits per heavy atom. The Hall–Kier alpha value is -2.76. The number of benzene rings is 1. The van der Waals surface area contributed by atoms with Crippen molar-refractivity contribution in [3.05, 3.63) is 48.5 Å². The van der Waals surface area contributed by atoms with Crippen LogP contribution in [0, 0.1) is 11.3 Å². The minimum atomic E-state index is -0.490. The lowest BCUT2D eigenvalue weighted by Gasteiger charge is -2.41. The molecular weight excluding hydrogens is 364 g/mol. The monoisotopic (exact) mass is 394 g/mol. The molecule has 2 aromatic rings. The van der Waals surface area contributed by atoms with Crippen molar-refractivity contribution in [3.63, 3.8) is 0 Å². The first-order chi connectivity index (χ1) is 13.9. The fraction of sp³-hybridized carbons (Fsp3) is 0.478. The van der Waals surface area contributed by atoms with E-state index in [4.69, 9.17) is 0 Å². The van der Waals surface area contributed by atoms with E-state index in [9.17, 15) is 9.59 Å². The third kappa shape index (κ3) is 4.81. The summed E-state index contributed by atoms with van der Waals surface area (Å²) in [5.74, 6) is 0.238. The minimum Gasteiger partial charge on any atom is -0.356 e. The Morgan fingerprint density at radius 3 is 2.45 bits per heavy atom. The second-order valence-corrected chi connectivity index (χ2v) is 8.12. The van der Waals surface area contributed by atoms with Crippen molar-refractivity contribution in [2.75, 3.05) is 19.6 Å². The van der Waals surface area contributed by atoms with Gasteiger partial charge in [0.25, 0.3) is 0 Å². The van der Waals surface area contributed by atoms with Gasteiger partial charge in [-0.15, -0.1) is 0 Å². The SMILES string of the molecule is CCNC(=O)C1(Cc2cccc(-c3cncnc3)c2)CCN(C(=O)C(C)C)CC1. The second-order valence-electron chi connectivity index (χ2n) is 8.12. The number of carbonyl (C=O) groups is 2. The van der Waals surface area contributed by atoms with E-state index in [0.717, 1.165) is 16.7 Å². The highest BCUT2D eigenvalue weighted by Gasteiger charge is 2.42. The van der Waals surface area contributed by atoms with Gasteiger partial charge in [0.15, 0.2) is 0 Å². The number of carbonyl (C=O) groups excluding carboxylic acids is 2. The Kier molecular flexibility index (Phi) is 6.62. The highest BCUT2D eigenvalue weighted by atomic mass is 16.2. The topological polar surface area (TPSA) is 75.2 Å². The highest BCUT2D eigenvalue weighted by molar-refractivity contribution is 5.84. The van der Waals surface area contributed by atoms with Crippen LogP contribution in [0.5, 0.6) is 0 Å². The molecular formula is C23H30N4O2. The summed E-state index contributed by atoms with van der Waals surface area (Å²) in [6.45, 7) is 7.65. The van der Waals surface area contributed by atoms with E-state index in [1.165, 1.54) is 6.33 Å². The number of piperidine rings is 1. The Morgan fingerprint density at radius 2 is 1.83 bits per heavy atom. The van der Waals surface area contributed by atoms with E-state index in [1.807, 2.05) is 37.8 Å². The number of nitrogens with zero attached hydrogens (tertiary/aromatic N) is 3. The van der Waals surface area contributed by atoms with Crippen LogP contribution in [0.25, 0.3) is 11.1 Å². The minimum absolute atomic E-state index is 0.0169. The molecule has 2 heterocycles. The van der Waals surface area contributed by atoms with Gasteiger partial charge in [0.1, 0.15) is 6.33 Å². The molecule has 6 nitrogen and oxygen atoms in total. The molecule has 6 heteroatoms. The average Bonchev–Trinajstić information content (AvgIpc) is 2.74. The first-order valence-corrected chi connectivity index (χ1v) is 10.4. The zero-order valence-electron chi connectivity index (χ0n) is 17.5. The third-order valence-corrected chi connectivity index (χ3v) is 5.71. The Labute approximate surface area is 172 Å². The molecule has 1 aliphatic rings. The van der Waals surface area contributed by atoms with Crippen molar-refractivity contribution >= 4 is 11.8 Å². The maximum Gasteiger partial charge on any atom is 0.226 e. The number of likely N-dealkylation sites (tertiary alicyclic amines) is 1. The number of hydrogen-bond donors (Lipinski definition) is 1. The largest absolute Gasteiger partial charge is 0.356 e. The third-order valence-electron chi connectivity index (χ3n) is 5.71. The van der Waals surface area contributed by atoms with Gasteiger partial charge in [-0.25, -0.2) is 9.97 Å². The van der Waals surface area contributed by atoms with Crippen LogP contribution >= 0.6 is 0 Å². The van der Waals surface area contributed by atoms with Gasteiger partial charge in [-0.3, -0.25) is 9.59 Å². The molecule has 0 aliphatic carbocycles. The van der Waals surface area contributed by atoms with Crippen LogP contribution in [0.4, 0.5) is 0 Å². The summed E-state index contributed by atoms with van der Waals surface area (Å²) in [6.07, 6.45) is 7.11. The lowest BCUT2D eigenvalue weighted by atomic mass is 9.72. The molecule has 0 atom stereocenters. The molecule has 154 valence electrons. The van der Waals surface area contributed by atoms with Gasteiger partial charge >= 0.3 is 0 Å². The van der Waals surface area contributed by atoms with Gasteiger partial charge in [0.2, 0.25) is 11.8 Å². The van der Waals surface area contributed by atoms with Gasteiger partial charge in [-0.2, -0.15) is 0 Å². The summed E-state index contributed by atoms with van der Waals surface area (Å²) in [6, 6.07) is 8.23. The normalized spacial score (nSPS) is 15.9. The predicted molar refractivity (Wildman–Crippen MR) is 113 cm³/mol. The van der Waals surface area contributed by atoms with E-state index >= 15 is 0 Å². The van der Waals surface area contributed by atoms with Crippen molar-refractivity contribution in [2.45, 2.75) is 40.0 Å². The maximum absolute atomic E-state index is 13.1. The van der Waals surface area contributed by atoms with Gasteiger partial charge in [-0.05, 0) is 37.3 Å². The second kappa shape index (κ2) is 9.16. The van der Waals surface area contributed by atoms with Gasteiger partial charge < -0.3 is 10.2 Å². The molecule has 0 bridgehead atoms. The molecule has 1 fully saturated rings.